The van der Waals surface area contributed by atoms with Crippen LogP contribution in [0.2, 0.25) is 0 Å². The average Bonchev–Trinajstić information content (AvgIpc) is 2.90. The number of benzene rings is 1. The van der Waals surface area contributed by atoms with Gasteiger partial charge in [-0.3, -0.25) is 24.2 Å². The second-order valence-electron chi connectivity index (χ2n) is 8.66. The number of nitrogens with zero attached hydrogens (tertiary/aromatic N) is 2. The maximum atomic E-state index is 13.2. The zero-order valence-electron chi connectivity index (χ0n) is 20.8. The molecule has 1 aromatic carbocycles. The number of carbonyl (C=O) groups is 4. The molecule has 13 heteroatoms. The van der Waals surface area contributed by atoms with Crippen molar-refractivity contribution in [3.63, 3.8) is 0 Å². The molecule has 1 fully saturated rings. The first kappa shape index (κ1) is 27.8. The number of nitrogens with one attached hydrogen (secondary N) is 2. The number of carbonyl (C=O) groups excluding carboxylic acids is 4. The minimum atomic E-state index is -1.45. The van der Waals surface area contributed by atoms with Gasteiger partial charge in [0, 0.05) is 0 Å². The van der Waals surface area contributed by atoms with E-state index in [0.717, 1.165) is 17.3 Å². The van der Waals surface area contributed by atoms with Crippen molar-refractivity contribution in [1.82, 2.24) is 20.5 Å². The van der Waals surface area contributed by atoms with Crippen molar-refractivity contribution in [2.75, 3.05) is 12.9 Å². The van der Waals surface area contributed by atoms with E-state index in [1.54, 1.807) is 32.2 Å². The molecule has 0 aliphatic carbocycles. The van der Waals surface area contributed by atoms with Gasteiger partial charge in [0.1, 0.15) is 18.6 Å². The third kappa shape index (κ3) is 7.15. The minimum absolute atomic E-state index is 0.154. The van der Waals surface area contributed by atoms with Gasteiger partial charge in [-0.05, 0) is 25.2 Å². The lowest BCUT2D eigenvalue weighted by molar-refractivity contribution is -0.176. The number of thioether (sulfide) groups is 1. The number of aromatic nitrogens is 3. The maximum Gasteiger partial charge on any atom is 0.332 e. The van der Waals surface area contributed by atoms with Crippen LogP contribution in [0.5, 0.6) is 0 Å². The number of hydrogen-bond donors (Lipinski definition) is 2. The summed E-state index contributed by atoms with van der Waals surface area (Å²) in [7, 11) is 0. The number of esters is 3. The Kier molecular flexibility index (Phi) is 9.39. The highest BCUT2D eigenvalue weighted by Gasteiger charge is 2.42. The van der Waals surface area contributed by atoms with Crippen LogP contribution in [0, 0.1) is 11.8 Å². The molecule has 1 aromatic heterocycles. The second kappa shape index (κ2) is 12.5. The lowest BCUT2D eigenvalue weighted by Crippen LogP contribution is -2.48. The molecular weight excluding hydrogens is 504 g/mol. The maximum absolute atomic E-state index is 13.2. The molecule has 3 rings (SSSR count). The quantitative estimate of drug-likeness (QED) is 0.295. The summed E-state index contributed by atoms with van der Waals surface area (Å²) in [6.45, 7) is 4.20. The van der Waals surface area contributed by atoms with E-state index in [9.17, 15) is 24.0 Å². The van der Waals surface area contributed by atoms with Crippen LogP contribution in [0.1, 0.15) is 36.8 Å². The molecule has 0 spiro atoms. The first-order valence-corrected chi connectivity index (χ1v) is 12.8. The molecule has 1 aliphatic heterocycles. The molecule has 2 aromatic rings. The van der Waals surface area contributed by atoms with Crippen LogP contribution in [0.3, 0.4) is 0 Å². The summed E-state index contributed by atoms with van der Waals surface area (Å²) in [4.78, 5) is 65.8. The summed E-state index contributed by atoms with van der Waals surface area (Å²) in [5.74, 6) is -4.74. The van der Waals surface area contributed by atoms with Gasteiger partial charge in [0.05, 0.1) is 5.92 Å². The van der Waals surface area contributed by atoms with E-state index >= 15 is 0 Å². The van der Waals surface area contributed by atoms with Crippen LogP contribution in [-0.2, 0) is 35.0 Å². The normalized spacial score (nSPS) is 22.2. The van der Waals surface area contributed by atoms with E-state index in [4.69, 9.17) is 14.2 Å². The molecule has 2 heterocycles. The van der Waals surface area contributed by atoms with Crippen molar-refractivity contribution in [2.24, 2.45) is 11.8 Å². The molecular formula is C24H28N4O8S. The number of aromatic amines is 1. The van der Waals surface area contributed by atoms with Crippen LogP contribution in [0.15, 0.2) is 40.3 Å². The lowest BCUT2D eigenvalue weighted by atomic mass is 9.91. The minimum Gasteiger partial charge on any atom is -0.463 e. The molecule has 1 amide bonds. The zero-order valence-corrected chi connectivity index (χ0v) is 21.6. The predicted octanol–water partition coefficient (Wildman–Crippen LogP) is 0.900. The summed E-state index contributed by atoms with van der Waals surface area (Å²) in [5.41, 5.74) is -0.595. The first-order valence-electron chi connectivity index (χ1n) is 11.5. The Morgan fingerprint density at radius 2 is 1.86 bits per heavy atom. The van der Waals surface area contributed by atoms with Crippen LogP contribution in [0.25, 0.3) is 0 Å². The lowest BCUT2D eigenvalue weighted by Gasteiger charge is -2.29. The van der Waals surface area contributed by atoms with Crippen molar-refractivity contribution in [1.29, 1.82) is 0 Å². The standard InChI is InChI=1S/C24H28N4O8S/c1-12(2)21(31)36-18-13(3)35-23(33)16(25-19(29)17-20(30)26-24(37-4)28-27-17)11-34-22(32)15(18)10-14-8-6-5-7-9-14/h5-9,12-13,15-16,18H,10-11H2,1-4H3,(H,25,29)(H,26,28,30)/t13-,15+,16-,18-/m0/s1. The van der Waals surface area contributed by atoms with E-state index in [0.29, 0.717) is 0 Å². The van der Waals surface area contributed by atoms with Gasteiger partial charge in [-0.15, -0.1) is 10.2 Å². The largest absolute Gasteiger partial charge is 0.463 e. The molecule has 37 heavy (non-hydrogen) atoms. The summed E-state index contributed by atoms with van der Waals surface area (Å²) in [6.07, 6.45) is -0.382. The fourth-order valence-corrected chi connectivity index (χ4v) is 3.86. The number of H-pyrrole nitrogens is 1. The van der Waals surface area contributed by atoms with Crippen molar-refractivity contribution < 1.29 is 33.4 Å². The number of ether oxygens (including phenoxy) is 3. The third-order valence-corrected chi connectivity index (χ3v) is 6.12. The van der Waals surface area contributed by atoms with Crippen LogP contribution < -0.4 is 10.9 Å². The van der Waals surface area contributed by atoms with Gasteiger partial charge < -0.3 is 19.5 Å². The molecule has 12 nitrogen and oxygen atoms in total. The highest BCUT2D eigenvalue weighted by molar-refractivity contribution is 7.98. The molecule has 198 valence electrons. The SMILES string of the molecule is CSc1nnc(C(=O)N[C@H]2COC(=O)[C@H](Cc3ccccc3)[C@@H](OC(=O)C(C)C)[C@H](C)OC2=O)c(=O)[nH]1. The van der Waals surface area contributed by atoms with Crippen molar-refractivity contribution in [3.8, 4) is 0 Å². The molecule has 0 unspecified atom stereocenters. The van der Waals surface area contributed by atoms with Gasteiger partial charge in [0.15, 0.2) is 17.3 Å². The summed E-state index contributed by atoms with van der Waals surface area (Å²) < 4.78 is 16.5. The fourth-order valence-electron chi connectivity index (χ4n) is 3.54. The van der Waals surface area contributed by atoms with Crippen molar-refractivity contribution in [3.05, 3.63) is 51.9 Å². The van der Waals surface area contributed by atoms with Crippen LogP contribution >= 0.6 is 11.8 Å². The highest BCUT2D eigenvalue weighted by atomic mass is 32.2. The summed E-state index contributed by atoms with van der Waals surface area (Å²) in [6, 6.07) is 7.59. The topological polar surface area (TPSA) is 167 Å². The van der Waals surface area contributed by atoms with E-state index in [1.807, 2.05) is 18.2 Å². The van der Waals surface area contributed by atoms with E-state index < -0.39 is 71.8 Å². The number of hydrogen-bond acceptors (Lipinski definition) is 11. The van der Waals surface area contributed by atoms with Crippen LogP contribution in [0.4, 0.5) is 0 Å². The van der Waals surface area contributed by atoms with Gasteiger partial charge in [0.2, 0.25) is 5.69 Å². The van der Waals surface area contributed by atoms with Crippen LogP contribution in [-0.4, -0.2) is 70.1 Å². The fraction of sp³-hybridized carbons (Fsp3) is 0.458. The molecule has 0 saturated carbocycles. The molecule has 2 N–H and O–H groups in total. The monoisotopic (exact) mass is 532 g/mol. The van der Waals surface area contributed by atoms with E-state index in [-0.39, 0.29) is 11.6 Å². The van der Waals surface area contributed by atoms with Gasteiger partial charge in [-0.25, -0.2) is 4.79 Å². The van der Waals surface area contributed by atoms with Gasteiger partial charge in [0.25, 0.3) is 11.5 Å². The van der Waals surface area contributed by atoms with E-state index in [2.05, 4.69) is 20.5 Å². The zero-order chi connectivity index (χ0) is 27.1. The van der Waals surface area contributed by atoms with Gasteiger partial charge >= 0.3 is 17.9 Å². The molecule has 4 atom stereocenters. The van der Waals surface area contributed by atoms with Gasteiger partial charge in [-0.2, -0.15) is 0 Å². The first-order chi connectivity index (χ1) is 17.6. The smallest absolute Gasteiger partial charge is 0.332 e. The number of cyclic esters (lactones) is 2. The Morgan fingerprint density at radius 3 is 2.49 bits per heavy atom. The number of amides is 1. The molecule has 1 aliphatic rings. The Hall–Kier alpha value is -3.74. The van der Waals surface area contributed by atoms with Gasteiger partial charge in [-0.1, -0.05) is 55.9 Å². The van der Waals surface area contributed by atoms with Crippen molar-refractivity contribution in [2.45, 2.75) is 50.6 Å². The second-order valence-corrected chi connectivity index (χ2v) is 9.46. The Labute approximate surface area is 216 Å². The predicted molar refractivity (Wildman–Crippen MR) is 131 cm³/mol. The van der Waals surface area contributed by atoms with Crippen molar-refractivity contribution >= 4 is 35.6 Å². The summed E-state index contributed by atoms with van der Waals surface area (Å²) in [5, 5.41) is 9.83. The Morgan fingerprint density at radius 1 is 1.16 bits per heavy atom. The highest BCUT2D eigenvalue weighted by Crippen LogP contribution is 2.24. The Bertz CT molecular complexity index is 1200. The third-order valence-electron chi connectivity index (χ3n) is 5.55. The average molecular weight is 533 g/mol. The molecule has 1 saturated heterocycles. The Balaban J connectivity index is 1.86. The molecule has 0 radical (unpaired) electrons. The molecule has 0 bridgehead atoms. The number of rotatable bonds is 7. The van der Waals surface area contributed by atoms with E-state index in [1.165, 1.54) is 6.92 Å². The summed E-state index contributed by atoms with van der Waals surface area (Å²) >= 11 is 1.13.